The van der Waals surface area contributed by atoms with Crippen molar-refractivity contribution < 1.29 is 20.4 Å². The van der Waals surface area contributed by atoms with Crippen molar-refractivity contribution in [1.82, 2.24) is 0 Å². The fourth-order valence-corrected chi connectivity index (χ4v) is 1.45. The predicted octanol–water partition coefficient (Wildman–Crippen LogP) is -0.325. The Morgan fingerprint density at radius 1 is 0.500 bits per heavy atom. The van der Waals surface area contributed by atoms with Crippen LogP contribution in [0.5, 0.6) is 0 Å². The van der Waals surface area contributed by atoms with Crippen molar-refractivity contribution in [3.8, 4) is 0 Å². The Kier molecular flexibility index (Phi) is 5.14. The van der Waals surface area contributed by atoms with E-state index in [2.05, 4.69) is 0 Å². The Balaban J connectivity index is 3.13. The van der Waals surface area contributed by atoms with Crippen LogP contribution in [0.2, 0.25) is 0 Å². The van der Waals surface area contributed by atoms with Gasteiger partial charge in [0.05, 0.1) is 26.4 Å². The maximum Gasteiger partial charge on any atom is 0.0685 e. The Labute approximate surface area is 94.2 Å². The zero-order valence-corrected chi connectivity index (χ0v) is 8.93. The molecule has 0 atom stereocenters. The van der Waals surface area contributed by atoms with Crippen LogP contribution in [-0.4, -0.2) is 46.9 Å². The lowest BCUT2D eigenvalue weighted by Crippen LogP contribution is -2.03. The van der Waals surface area contributed by atoms with E-state index >= 15 is 0 Å². The fraction of sp³-hybridized carbons (Fsp3) is 0.333. The van der Waals surface area contributed by atoms with Crippen LogP contribution in [0.4, 0.5) is 0 Å². The second-order valence-electron chi connectivity index (χ2n) is 3.40. The second kappa shape index (κ2) is 6.40. The fourth-order valence-electron chi connectivity index (χ4n) is 1.45. The van der Waals surface area contributed by atoms with E-state index in [1.807, 2.05) is 0 Å². The molecule has 0 spiro atoms. The largest absolute Gasteiger partial charge is 0.392 e. The molecule has 88 valence electrons. The van der Waals surface area contributed by atoms with Crippen molar-refractivity contribution in [2.45, 2.75) is 0 Å². The van der Waals surface area contributed by atoms with Crippen molar-refractivity contribution in [3.05, 3.63) is 46.6 Å². The van der Waals surface area contributed by atoms with Crippen molar-refractivity contribution in [2.75, 3.05) is 26.4 Å². The quantitative estimate of drug-likeness (QED) is 0.527. The highest BCUT2D eigenvalue weighted by Crippen LogP contribution is 2.16. The lowest BCUT2D eigenvalue weighted by Gasteiger charge is -2.10. The highest BCUT2D eigenvalue weighted by Gasteiger charge is 2.06. The summed E-state index contributed by atoms with van der Waals surface area (Å²) in [5.74, 6) is 0. The van der Waals surface area contributed by atoms with Crippen LogP contribution in [0.3, 0.4) is 0 Å². The molecule has 0 fully saturated rings. The van der Waals surface area contributed by atoms with Crippen molar-refractivity contribution in [1.29, 1.82) is 0 Å². The summed E-state index contributed by atoms with van der Waals surface area (Å²) in [6, 6.07) is 0. The van der Waals surface area contributed by atoms with Gasteiger partial charge in [-0.3, -0.25) is 0 Å². The molecule has 0 radical (unpaired) electrons. The maximum atomic E-state index is 9.11. The first kappa shape index (κ1) is 12.9. The molecule has 16 heavy (non-hydrogen) atoms. The molecule has 0 aromatic heterocycles. The average Bonchev–Trinajstić information content (AvgIpc) is 2.30. The van der Waals surface area contributed by atoms with E-state index < -0.39 is 0 Å². The minimum absolute atomic E-state index is 0.177. The molecule has 4 heteroatoms. The highest BCUT2D eigenvalue weighted by atomic mass is 16.3. The highest BCUT2D eigenvalue weighted by molar-refractivity contribution is 5.45. The van der Waals surface area contributed by atoms with Gasteiger partial charge in [0.25, 0.3) is 0 Å². The van der Waals surface area contributed by atoms with Gasteiger partial charge in [0, 0.05) is 0 Å². The Bertz CT molecular complexity index is 293. The van der Waals surface area contributed by atoms with E-state index in [-0.39, 0.29) is 26.4 Å². The van der Waals surface area contributed by atoms with Crippen LogP contribution in [-0.2, 0) is 0 Å². The smallest absolute Gasteiger partial charge is 0.0685 e. The number of rotatable bonds is 4. The SMILES string of the molecule is OCC1=C(CO)/C=C\C(CO)=C(\CO)C=C1. The molecule has 4 nitrogen and oxygen atoms in total. The second-order valence-corrected chi connectivity index (χ2v) is 3.40. The van der Waals surface area contributed by atoms with Gasteiger partial charge in [0.15, 0.2) is 0 Å². The molecule has 0 saturated carbocycles. The van der Waals surface area contributed by atoms with Gasteiger partial charge < -0.3 is 20.4 Å². The molecule has 0 bridgehead atoms. The summed E-state index contributed by atoms with van der Waals surface area (Å²) in [4.78, 5) is 0. The first-order chi connectivity index (χ1) is 7.76. The molecular formula is C12H16O4. The van der Waals surface area contributed by atoms with Crippen molar-refractivity contribution in [3.63, 3.8) is 0 Å². The molecule has 0 amide bonds. The van der Waals surface area contributed by atoms with E-state index in [0.29, 0.717) is 22.3 Å². The van der Waals surface area contributed by atoms with Crippen LogP contribution in [0.25, 0.3) is 0 Å². The van der Waals surface area contributed by atoms with Crippen LogP contribution < -0.4 is 0 Å². The Hall–Kier alpha value is -1.20. The molecule has 0 unspecified atom stereocenters. The monoisotopic (exact) mass is 224 g/mol. The molecular weight excluding hydrogens is 208 g/mol. The first-order valence-corrected chi connectivity index (χ1v) is 5.00. The third kappa shape index (κ3) is 2.90. The van der Waals surface area contributed by atoms with Gasteiger partial charge in [-0.2, -0.15) is 0 Å². The van der Waals surface area contributed by atoms with E-state index in [1.54, 1.807) is 24.3 Å². The van der Waals surface area contributed by atoms with Gasteiger partial charge in [0.1, 0.15) is 0 Å². The van der Waals surface area contributed by atoms with Gasteiger partial charge in [-0.25, -0.2) is 0 Å². The molecule has 0 aliphatic heterocycles. The number of hydrogen-bond acceptors (Lipinski definition) is 4. The minimum atomic E-state index is -0.177. The molecule has 0 heterocycles. The van der Waals surface area contributed by atoms with Crippen LogP contribution in [0, 0.1) is 0 Å². The van der Waals surface area contributed by atoms with E-state index in [9.17, 15) is 0 Å². The molecule has 0 aromatic rings. The number of aliphatic hydroxyl groups excluding tert-OH is 4. The average molecular weight is 224 g/mol. The summed E-state index contributed by atoms with van der Waals surface area (Å²) in [5, 5.41) is 36.4. The van der Waals surface area contributed by atoms with Crippen LogP contribution >= 0.6 is 0 Å². The number of hydrogen-bond donors (Lipinski definition) is 4. The Morgan fingerprint density at radius 3 is 0.812 bits per heavy atom. The predicted molar refractivity (Wildman–Crippen MR) is 60.7 cm³/mol. The van der Waals surface area contributed by atoms with Gasteiger partial charge >= 0.3 is 0 Å². The zero-order chi connectivity index (χ0) is 12.0. The molecule has 0 saturated heterocycles. The van der Waals surface area contributed by atoms with E-state index in [1.165, 1.54) is 0 Å². The molecule has 0 aromatic carbocycles. The van der Waals surface area contributed by atoms with Crippen LogP contribution in [0.1, 0.15) is 0 Å². The van der Waals surface area contributed by atoms with Gasteiger partial charge in [-0.05, 0) is 22.3 Å². The first-order valence-electron chi connectivity index (χ1n) is 5.00. The third-order valence-corrected chi connectivity index (χ3v) is 2.48. The standard InChI is InChI=1S/C12H16O4/c13-5-9-1-2-10(6-14)12(8-16)4-3-11(9)7-15/h1-4,13-16H,5-8H2/b2-1-,4-3?,9-1?,10-2?,11-3?,11-9-,12-4?,12-10?. The summed E-state index contributed by atoms with van der Waals surface area (Å²) >= 11 is 0. The molecule has 1 aliphatic rings. The summed E-state index contributed by atoms with van der Waals surface area (Å²) in [5.41, 5.74) is 2.40. The summed E-state index contributed by atoms with van der Waals surface area (Å²) in [6.45, 7) is -0.707. The topological polar surface area (TPSA) is 80.9 Å². The third-order valence-electron chi connectivity index (χ3n) is 2.48. The molecule has 1 aliphatic carbocycles. The number of aliphatic hydroxyl groups is 4. The van der Waals surface area contributed by atoms with Crippen molar-refractivity contribution >= 4 is 0 Å². The molecule has 4 N–H and O–H groups in total. The summed E-state index contributed by atoms with van der Waals surface area (Å²) in [6.07, 6.45) is 6.54. The Morgan fingerprint density at radius 2 is 0.688 bits per heavy atom. The van der Waals surface area contributed by atoms with Gasteiger partial charge in [-0.1, -0.05) is 24.3 Å². The molecule has 1 rings (SSSR count). The normalized spacial score (nSPS) is 23.2. The lowest BCUT2D eigenvalue weighted by molar-refractivity contribution is 0.314. The summed E-state index contributed by atoms with van der Waals surface area (Å²) in [7, 11) is 0. The van der Waals surface area contributed by atoms with Crippen molar-refractivity contribution in [2.24, 2.45) is 0 Å². The van der Waals surface area contributed by atoms with E-state index in [0.717, 1.165) is 0 Å². The van der Waals surface area contributed by atoms with Gasteiger partial charge in [-0.15, -0.1) is 0 Å². The lowest BCUT2D eigenvalue weighted by atomic mass is 10.00. The maximum absolute atomic E-state index is 9.11. The van der Waals surface area contributed by atoms with Gasteiger partial charge in [0.2, 0.25) is 0 Å². The summed E-state index contributed by atoms with van der Waals surface area (Å²) < 4.78 is 0. The van der Waals surface area contributed by atoms with E-state index in [4.69, 9.17) is 20.4 Å². The van der Waals surface area contributed by atoms with Crippen LogP contribution in [0.15, 0.2) is 46.6 Å². The zero-order valence-electron chi connectivity index (χ0n) is 8.93. The minimum Gasteiger partial charge on any atom is -0.392 e.